The summed E-state index contributed by atoms with van der Waals surface area (Å²) < 4.78 is 0. The van der Waals surface area contributed by atoms with Gasteiger partial charge in [-0.2, -0.15) is 0 Å². The van der Waals surface area contributed by atoms with Gasteiger partial charge in [0.25, 0.3) is 5.91 Å². The van der Waals surface area contributed by atoms with Crippen molar-refractivity contribution in [1.29, 1.82) is 0 Å². The van der Waals surface area contributed by atoms with Crippen LogP contribution in [0.15, 0.2) is 42.1 Å². The van der Waals surface area contributed by atoms with E-state index < -0.39 is 0 Å². The largest absolute Gasteiger partial charge is 0.357 e. The van der Waals surface area contributed by atoms with Crippen molar-refractivity contribution in [3.05, 3.63) is 47.7 Å². The summed E-state index contributed by atoms with van der Waals surface area (Å²) in [6, 6.07) is 8.06. The van der Waals surface area contributed by atoms with Gasteiger partial charge in [-0.3, -0.25) is 4.79 Å². The van der Waals surface area contributed by atoms with Gasteiger partial charge in [-0.25, -0.2) is 4.98 Å². The number of nitrogens with one attached hydrogen (secondary N) is 1. The van der Waals surface area contributed by atoms with Crippen LogP contribution in [0, 0.1) is 0 Å². The van der Waals surface area contributed by atoms with E-state index in [0.717, 1.165) is 36.1 Å². The fourth-order valence-corrected chi connectivity index (χ4v) is 3.70. The van der Waals surface area contributed by atoms with E-state index in [0.29, 0.717) is 12.1 Å². The molecule has 1 heterocycles. The van der Waals surface area contributed by atoms with Gasteiger partial charge >= 0.3 is 0 Å². The number of fused-ring (bicyclic) bond motifs is 1. The third-order valence-electron chi connectivity index (χ3n) is 5.20. The molecule has 0 radical (unpaired) electrons. The van der Waals surface area contributed by atoms with Crippen molar-refractivity contribution < 1.29 is 4.79 Å². The molecule has 1 N–H and O–H groups in total. The van der Waals surface area contributed by atoms with Crippen LogP contribution < -0.4 is 10.2 Å². The molecule has 0 aliphatic heterocycles. The van der Waals surface area contributed by atoms with Crippen molar-refractivity contribution in [3.63, 3.8) is 0 Å². The highest BCUT2D eigenvalue weighted by atomic mass is 16.1. The van der Waals surface area contributed by atoms with E-state index in [9.17, 15) is 4.79 Å². The minimum absolute atomic E-state index is 0.0313. The van der Waals surface area contributed by atoms with Gasteiger partial charge in [0.1, 0.15) is 5.82 Å². The molecular formula is C22H29N3O. The van der Waals surface area contributed by atoms with Gasteiger partial charge in [-0.1, -0.05) is 35.9 Å². The number of allylic oxidation sites excluding steroid dienone is 1. The summed E-state index contributed by atoms with van der Waals surface area (Å²) in [5.74, 6) is 0.922. The Morgan fingerprint density at radius 1 is 1.15 bits per heavy atom. The van der Waals surface area contributed by atoms with Crippen LogP contribution in [-0.2, 0) is 0 Å². The molecule has 0 bridgehead atoms. The zero-order valence-electron chi connectivity index (χ0n) is 15.9. The molecule has 138 valence electrons. The first kappa shape index (κ1) is 18.4. The van der Waals surface area contributed by atoms with Crippen LogP contribution in [0.25, 0.3) is 10.8 Å². The topological polar surface area (TPSA) is 45.2 Å². The number of carbonyl (C=O) groups is 1. The molecule has 26 heavy (non-hydrogen) atoms. The third kappa shape index (κ3) is 4.06. The first-order valence-electron chi connectivity index (χ1n) is 9.83. The van der Waals surface area contributed by atoms with Gasteiger partial charge in [0.05, 0.1) is 5.56 Å². The maximum Gasteiger partial charge on any atom is 0.253 e. The lowest BCUT2D eigenvalue weighted by atomic mass is 9.97. The molecule has 0 unspecified atom stereocenters. The number of rotatable bonds is 7. The Hall–Kier alpha value is -2.36. The lowest BCUT2D eigenvalue weighted by Crippen LogP contribution is -2.26. The van der Waals surface area contributed by atoms with E-state index in [-0.39, 0.29) is 5.91 Å². The molecule has 2 aromatic rings. The highest BCUT2D eigenvalue weighted by molar-refractivity contribution is 6.09. The standard InChI is InChI=1S/C22H29N3O/c1-3-25(4-2)21-19-13-9-8-12-18(19)20(16-24-21)22(26)23-15-14-17-10-6-5-7-11-17/h8-10,12-13,16H,3-7,11,14-15H2,1-2H3,(H,23,26). The number of hydrogen-bond acceptors (Lipinski definition) is 3. The molecular weight excluding hydrogens is 322 g/mol. The summed E-state index contributed by atoms with van der Waals surface area (Å²) >= 11 is 0. The zero-order chi connectivity index (χ0) is 18.4. The van der Waals surface area contributed by atoms with E-state index in [1.54, 1.807) is 6.20 Å². The summed E-state index contributed by atoms with van der Waals surface area (Å²) in [6.45, 7) is 6.74. The van der Waals surface area contributed by atoms with Gasteiger partial charge in [0.2, 0.25) is 0 Å². The quantitative estimate of drug-likeness (QED) is 0.735. The summed E-state index contributed by atoms with van der Waals surface area (Å²) in [7, 11) is 0. The van der Waals surface area contributed by atoms with Crippen molar-refractivity contribution in [1.82, 2.24) is 10.3 Å². The van der Waals surface area contributed by atoms with E-state index in [1.165, 1.54) is 31.3 Å². The number of nitrogens with zero attached hydrogens (tertiary/aromatic N) is 2. The lowest BCUT2D eigenvalue weighted by Gasteiger charge is -2.22. The van der Waals surface area contributed by atoms with Crippen LogP contribution >= 0.6 is 0 Å². The second-order valence-electron chi connectivity index (χ2n) is 6.83. The SMILES string of the molecule is CCN(CC)c1ncc(C(=O)NCCC2=CCCCC2)c2ccccc12. The van der Waals surface area contributed by atoms with E-state index in [2.05, 4.69) is 41.2 Å². The van der Waals surface area contributed by atoms with Crippen molar-refractivity contribution >= 4 is 22.5 Å². The number of aromatic nitrogens is 1. The van der Waals surface area contributed by atoms with Gasteiger partial charge in [0, 0.05) is 31.2 Å². The number of pyridine rings is 1. The average molecular weight is 351 g/mol. The molecule has 1 aromatic carbocycles. The summed E-state index contributed by atoms with van der Waals surface area (Å²) in [4.78, 5) is 19.6. The molecule has 0 saturated heterocycles. The van der Waals surface area contributed by atoms with Gasteiger partial charge in [0.15, 0.2) is 0 Å². The minimum Gasteiger partial charge on any atom is -0.357 e. The lowest BCUT2D eigenvalue weighted by molar-refractivity contribution is 0.0955. The normalized spacial score (nSPS) is 14.2. The third-order valence-corrected chi connectivity index (χ3v) is 5.20. The van der Waals surface area contributed by atoms with Crippen molar-refractivity contribution in [2.75, 3.05) is 24.5 Å². The first-order valence-corrected chi connectivity index (χ1v) is 9.83. The molecule has 1 aromatic heterocycles. The molecule has 0 atom stereocenters. The molecule has 0 spiro atoms. The Bertz CT molecular complexity index is 793. The monoisotopic (exact) mass is 351 g/mol. The van der Waals surface area contributed by atoms with E-state index >= 15 is 0 Å². The average Bonchev–Trinajstić information content (AvgIpc) is 2.69. The Labute approximate surface area is 156 Å². The summed E-state index contributed by atoms with van der Waals surface area (Å²) in [6.07, 6.45) is 9.96. The molecule has 4 heteroatoms. The molecule has 1 aliphatic rings. The maximum atomic E-state index is 12.7. The number of benzene rings is 1. The van der Waals surface area contributed by atoms with Crippen molar-refractivity contribution in [2.45, 2.75) is 46.0 Å². The highest BCUT2D eigenvalue weighted by Gasteiger charge is 2.15. The predicted molar refractivity (Wildman–Crippen MR) is 109 cm³/mol. The second-order valence-corrected chi connectivity index (χ2v) is 6.83. The molecule has 0 saturated carbocycles. The number of carbonyl (C=O) groups excluding carboxylic acids is 1. The van der Waals surface area contributed by atoms with E-state index in [1.807, 2.05) is 18.2 Å². The molecule has 0 fully saturated rings. The number of hydrogen-bond donors (Lipinski definition) is 1. The van der Waals surface area contributed by atoms with Crippen LogP contribution in [0.4, 0.5) is 5.82 Å². The molecule has 1 aliphatic carbocycles. The zero-order valence-corrected chi connectivity index (χ0v) is 15.9. The summed E-state index contributed by atoms with van der Waals surface area (Å²) in [5, 5.41) is 5.09. The molecule has 3 rings (SSSR count). The van der Waals surface area contributed by atoms with Gasteiger partial charge < -0.3 is 10.2 Å². The van der Waals surface area contributed by atoms with Crippen LogP contribution in [0.3, 0.4) is 0 Å². The highest BCUT2D eigenvalue weighted by Crippen LogP contribution is 2.27. The Morgan fingerprint density at radius 3 is 2.62 bits per heavy atom. The smallest absolute Gasteiger partial charge is 0.253 e. The van der Waals surface area contributed by atoms with E-state index in [4.69, 9.17) is 0 Å². The fraction of sp³-hybridized carbons (Fsp3) is 0.455. The first-order chi connectivity index (χ1) is 12.7. The Kier molecular flexibility index (Phi) is 6.26. The molecule has 1 amide bonds. The van der Waals surface area contributed by atoms with Crippen LogP contribution in [0.5, 0.6) is 0 Å². The number of anilines is 1. The fourth-order valence-electron chi connectivity index (χ4n) is 3.70. The predicted octanol–water partition coefficient (Wildman–Crippen LogP) is 4.70. The van der Waals surface area contributed by atoms with Gasteiger partial charge in [-0.05, 0) is 51.3 Å². The van der Waals surface area contributed by atoms with Crippen LogP contribution in [0.1, 0.15) is 56.3 Å². The molecule has 4 nitrogen and oxygen atoms in total. The summed E-state index contributed by atoms with van der Waals surface area (Å²) in [5.41, 5.74) is 2.14. The van der Waals surface area contributed by atoms with Gasteiger partial charge in [-0.15, -0.1) is 0 Å². The van der Waals surface area contributed by atoms with Crippen molar-refractivity contribution in [3.8, 4) is 0 Å². The van der Waals surface area contributed by atoms with Crippen LogP contribution in [-0.4, -0.2) is 30.5 Å². The minimum atomic E-state index is -0.0313. The maximum absolute atomic E-state index is 12.7. The second kappa shape index (κ2) is 8.84. The Balaban J connectivity index is 1.78. The Morgan fingerprint density at radius 2 is 1.92 bits per heavy atom. The van der Waals surface area contributed by atoms with Crippen LogP contribution in [0.2, 0.25) is 0 Å². The van der Waals surface area contributed by atoms with Crippen molar-refractivity contribution in [2.24, 2.45) is 0 Å². The number of amides is 1.